The molecule has 3 N–H and O–H groups in total. The molecule has 0 fully saturated rings. The molecule has 1 aliphatic heterocycles. The summed E-state index contributed by atoms with van der Waals surface area (Å²) in [7, 11) is 0. The average Bonchev–Trinajstić information content (AvgIpc) is 2.84. The van der Waals surface area contributed by atoms with Gasteiger partial charge in [0.25, 0.3) is 5.91 Å². The van der Waals surface area contributed by atoms with E-state index < -0.39 is 0 Å². The molecule has 0 aromatic heterocycles. The van der Waals surface area contributed by atoms with Crippen molar-refractivity contribution in [1.82, 2.24) is 5.32 Å². The fourth-order valence-electron chi connectivity index (χ4n) is 1.86. The lowest BCUT2D eigenvalue weighted by Crippen LogP contribution is -2.34. The highest BCUT2D eigenvalue weighted by atomic mass is 16.7. The maximum absolute atomic E-state index is 12.2. The van der Waals surface area contributed by atoms with E-state index in [4.69, 9.17) is 21.6 Å². The van der Waals surface area contributed by atoms with Gasteiger partial charge in [0, 0.05) is 24.2 Å². The molecule has 1 heterocycles. The quantitative estimate of drug-likeness (QED) is 0.636. The fourth-order valence-corrected chi connectivity index (χ4v) is 1.86. The second-order valence-electron chi connectivity index (χ2n) is 4.28. The molecule has 0 aliphatic carbocycles. The molecule has 0 bridgehead atoms. The number of rotatable bonds is 4. The van der Waals surface area contributed by atoms with Crippen molar-refractivity contribution in [2.75, 3.05) is 12.5 Å². The van der Waals surface area contributed by atoms with Gasteiger partial charge in [-0.2, -0.15) is 0 Å². The molecule has 1 atom stereocenters. The van der Waals surface area contributed by atoms with Crippen LogP contribution < -0.4 is 20.5 Å². The summed E-state index contributed by atoms with van der Waals surface area (Å²) in [5.74, 6) is 3.38. The van der Waals surface area contributed by atoms with Gasteiger partial charge in [-0.05, 0) is 12.5 Å². The predicted molar refractivity (Wildman–Crippen MR) is 72.0 cm³/mol. The third-order valence-corrected chi connectivity index (χ3v) is 2.98. The lowest BCUT2D eigenvalue weighted by molar-refractivity contribution is 0.0937. The van der Waals surface area contributed by atoms with E-state index in [1.165, 1.54) is 0 Å². The average molecular weight is 260 g/mol. The van der Waals surface area contributed by atoms with Gasteiger partial charge in [-0.15, -0.1) is 12.3 Å². The van der Waals surface area contributed by atoms with Crippen LogP contribution in [0.25, 0.3) is 0 Å². The van der Waals surface area contributed by atoms with Crippen LogP contribution in [0.5, 0.6) is 11.5 Å². The van der Waals surface area contributed by atoms with Crippen LogP contribution in [0.15, 0.2) is 12.1 Å². The van der Waals surface area contributed by atoms with Crippen molar-refractivity contribution in [3.63, 3.8) is 0 Å². The molecule has 0 saturated heterocycles. The molecule has 1 aromatic carbocycles. The second-order valence-corrected chi connectivity index (χ2v) is 4.28. The molecule has 19 heavy (non-hydrogen) atoms. The van der Waals surface area contributed by atoms with Crippen LogP contribution in [-0.4, -0.2) is 18.7 Å². The number of nitrogens with one attached hydrogen (secondary N) is 1. The zero-order chi connectivity index (χ0) is 13.8. The van der Waals surface area contributed by atoms with Gasteiger partial charge in [0.1, 0.15) is 0 Å². The minimum Gasteiger partial charge on any atom is -0.454 e. The second kappa shape index (κ2) is 5.53. The monoisotopic (exact) mass is 260 g/mol. The molecule has 5 nitrogen and oxygen atoms in total. The Balaban J connectivity index is 2.18. The number of carbonyl (C=O) groups excluding carboxylic acids is 1. The molecular weight excluding hydrogens is 244 g/mol. The van der Waals surface area contributed by atoms with Crippen LogP contribution >= 0.6 is 0 Å². The summed E-state index contributed by atoms with van der Waals surface area (Å²) in [5, 5.41) is 2.86. The first kappa shape index (κ1) is 13.1. The molecule has 5 heteroatoms. The smallest absolute Gasteiger partial charge is 0.253 e. The predicted octanol–water partition coefficient (Wildman–Crippen LogP) is 1.53. The standard InChI is InChI=1S/C14H16N2O3/c1-3-5-9(4-2)16-14(17)10-6-12-13(7-11(10)15)19-8-18-12/h1,6-7,9H,4-5,8,15H2,2H3,(H,16,17). The largest absolute Gasteiger partial charge is 0.454 e. The number of carbonyl (C=O) groups is 1. The van der Waals surface area contributed by atoms with Gasteiger partial charge in [0.15, 0.2) is 11.5 Å². The zero-order valence-electron chi connectivity index (χ0n) is 10.7. The van der Waals surface area contributed by atoms with Crippen molar-refractivity contribution < 1.29 is 14.3 Å². The summed E-state index contributed by atoms with van der Waals surface area (Å²) in [6.45, 7) is 2.11. The molecule has 0 saturated carbocycles. The number of ether oxygens (including phenoxy) is 2. The number of nitrogens with two attached hydrogens (primary N) is 1. The Labute approximate surface area is 112 Å². The third-order valence-electron chi connectivity index (χ3n) is 2.98. The van der Waals surface area contributed by atoms with Crippen LogP contribution in [0.3, 0.4) is 0 Å². The van der Waals surface area contributed by atoms with Gasteiger partial charge >= 0.3 is 0 Å². The van der Waals surface area contributed by atoms with Gasteiger partial charge in [0.05, 0.1) is 5.56 Å². The highest BCUT2D eigenvalue weighted by Crippen LogP contribution is 2.35. The molecule has 0 radical (unpaired) electrons. The number of amides is 1. The van der Waals surface area contributed by atoms with Crippen LogP contribution in [0.2, 0.25) is 0 Å². The maximum Gasteiger partial charge on any atom is 0.253 e. The van der Waals surface area contributed by atoms with E-state index in [1.807, 2.05) is 6.92 Å². The number of nitrogen functional groups attached to an aromatic ring is 1. The van der Waals surface area contributed by atoms with E-state index in [0.29, 0.717) is 29.2 Å². The number of terminal acetylenes is 1. The molecule has 2 rings (SSSR count). The van der Waals surface area contributed by atoms with E-state index in [0.717, 1.165) is 6.42 Å². The van der Waals surface area contributed by atoms with Gasteiger partial charge in [-0.25, -0.2) is 0 Å². The first-order valence-corrected chi connectivity index (χ1v) is 6.09. The summed E-state index contributed by atoms with van der Waals surface area (Å²) in [6.07, 6.45) is 6.52. The number of hydrogen-bond donors (Lipinski definition) is 2. The summed E-state index contributed by atoms with van der Waals surface area (Å²) in [5.41, 5.74) is 6.58. The molecular formula is C14H16N2O3. The number of fused-ring (bicyclic) bond motifs is 1. The molecule has 100 valence electrons. The molecule has 1 unspecified atom stereocenters. The molecule has 0 spiro atoms. The summed E-state index contributed by atoms with van der Waals surface area (Å²) < 4.78 is 10.4. The number of hydrogen-bond acceptors (Lipinski definition) is 4. The van der Waals surface area contributed by atoms with Gasteiger partial charge in [-0.1, -0.05) is 6.92 Å². The Hall–Kier alpha value is -2.35. The van der Waals surface area contributed by atoms with E-state index >= 15 is 0 Å². The third kappa shape index (κ3) is 2.74. The minimum absolute atomic E-state index is 0.0534. The fraction of sp³-hybridized carbons (Fsp3) is 0.357. The van der Waals surface area contributed by atoms with Crippen LogP contribution in [0, 0.1) is 12.3 Å². The highest BCUT2D eigenvalue weighted by molar-refractivity contribution is 6.00. The molecule has 1 aliphatic rings. The molecule has 1 aromatic rings. The van der Waals surface area contributed by atoms with Crippen LogP contribution in [0.4, 0.5) is 5.69 Å². The van der Waals surface area contributed by atoms with Crippen molar-refractivity contribution in [2.24, 2.45) is 0 Å². The van der Waals surface area contributed by atoms with Crippen molar-refractivity contribution in [1.29, 1.82) is 0 Å². The summed E-state index contributed by atoms with van der Waals surface area (Å²) in [4.78, 5) is 12.2. The minimum atomic E-state index is -0.252. The van der Waals surface area contributed by atoms with Crippen LogP contribution in [0.1, 0.15) is 30.1 Å². The lowest BCUT2D eigenvalue weighted by Gasteiger charge is -2.15. The van der Waals surface area contributed by atoms with E-state index in [-0.39, 0.29) is 18.7 Å². The van der Waals surface area contributed by atoms with E-state index in [9.17, 15) is 4.79 Å². The first-order chi connectivity index (χ1) is 9.15. The summed E-state index contributed by atoms with van der Waals surface area (Å²) in [6, 6.07) is 3.14. The Morgan fingerprint density at radius 1 is 1.53 bits per heavy atom. The van der Waals surface area contributed by atoms with Crippen molar-refractivity contribution >= 4 is 11.6 Å². The SMILES string of the molecule is C#CCC(CC)NC(=O)c1cc2c(cc1N)OCO2. The van der Waals surface area contributed by atoms with Gasteiger partial charge < -0.3 is 20.5 Å². The lowest BCUT2D eigenvalue weighted by atomic mass is 10.1. The Morgan fingerprint density at radius 3 is 2.84 bits per heavy atom. The highest BCUT2D eigenvalue weighted by Gasteiger charge is 2.20. The zero-order valence-corrected chi connectivity index (χ0v) is 10.7. The molecule has 1 amide bonds. The number of benzene rings is 1. The van der Waals surface area contributed by atoms with Crippen molar-refractivity contribution in [3.05, 3.63) is 17.7 Å². The van der Waals surface area contributed by atoms with Crippen molar-refractivity contribution in [3.8, 4) is 23.8 Å². The van der Waals surface area contributed by atoms with Gasteiger partial charge in [0.2, 0.25) is 6.79 Å². The Morgan fingerprint density at radius 2 is 2.21 bits per heavy atom. The number of anilines is 1. The van der Waals surface area contributed by atoms with E-state index in [1.54, 1.807) is 12.1 Å². The first-order valence-electron chi connectivity index (χ1n) is 6.09. The maximum atomic E-state index is 12.2. The van der Waals surface area contributed by atoms with Crippen molar-refractivity contribution in [2.45, 2.75) is 25.8 Å². The Bertz CT molecular complexity index is 534. The van der Waals surface area contributed by atoms with Crippen LogP contribution in [-0.2, 0) is 0 Å². The normalized spacial score (nSPS) is 13.7. The van der Waals surface area contributed by atoms with Gasteiger partial charge in [-0.3, -0.25) is 4.79 Å². The Kier molecular flexibility index (Phi) is 3.81. The topological polar surface area (TPSA) is 73.6 Å². The van der Waals surface area contributed by atoms with E-state index in [2.05, 4.69) is 11.2 Å². The summed E-state index contributed by atoms with van der Waals surface area (Å²) >= 11 is 0.